The van der Waals surface area contributed by atoms with Crippen molar-refractivity contribution in [2.24, 2.45) is 0 Å². The molecule has 2 heterocycles. The zero-order chi connectivity index (χ0) is 18.1. The first-order valence-electron chi connectivity index (χ1n) is 7.54. The summed E-state index contributed by atoms with van der Waals surface area (Å²) >= 11 is 0. The molecule has 0 aliphatic heterocycles. The summed E-state index contributed by atoms with van der Waals surface area (Å²) in [6.07, 6.45) is 0.385. The molecule has 0 spiro atoms. The number of aromatic amines is 1. The van der Waals surface area contributed by atoms with E-state index in [1.165, 1.54) is 32.2 Å². The molecule has 0 saturated carbocycles. The second-order valence-corrected chi connectivity index (χ2v) is 5.51. The number of aromatic nitrogens is 3. The number of para-hydroxylation sites is 2. The van der Waals surface area contributed by atoms with E-state index in [9.17, 15) is 18.4 Å². The number of H-pyrrole nitrogens is 1. The minimum absolute atomic E-state index is 0.0529. The molecule has 8 heteroatoms. The van der Waals surface area contributed by atoms with Gasteiger partial charge in [0.2, 0.25) is 0 Å². The van der Waals surface area contributed by atoms with Gasteiger partial charge in [-0.2, -0.15) is 8.78 Å². The monoisotopic (exact) mass is 347 g/mol. The molecule has 1 atom stereocenters. The molecule has 25 heavy (non-hydrogen) atoms. The van der Waals surface area contributed by atoms with Crippen molar-refractivity contribution in [3.8, 4) is 0 Å². The quantitative estimate of drug-likeness (QED) is 0.561. The molecule has 1 N–H and O–H groups in total. The minimum atomic E-state index is -2.82. The Bertz CT molecular complexity index is 946. The number of rotatable bonds is 5. The van der Waals surface area contributed by atoms with Gasteiger partial charge in [0.05, 0.1) is 11.0 Å². The smallest absolute Gasteiger partial charge is 0.355 e. The Morgan fingerprint density at radius 3 is 2.64 bits per heavy atom. The van der Waals surface area contributed by atoms with E-state index in [0.29, 0.717) is 11.1 Å². The van der Waals surface area contributed by atoms with Crippen molar-refractivity contribution < 1.29 is 23.1 Å². The number of ether oxygens (including phenoxy) is 1. The van der Waals surface area contributed by atoms with Crippen LogP contribution in [-0.2, 0) is 4.74 Å². The Morgan fingerprint density at radius 2 is 2.00 bits per heavy atom. The molecule has 0 radical (unpaired) electrons. The van der Waals surface area contributed by atoms with Crippen LogP contribution in [0.15, 0.2) is 36.5 Å². The van der Waals surface area contributed by atoms with Crippen LogP contribution in [0.4, 0.5) is 8.78 Å². The first-order valence-corrected chi connectivity index (χ1v) is 7.54. The zero-order valence-electron chi connectivity index (χ0n) is 13.5. The van der Waals surface area contributed by atoms with E-state index in [0.717, 1.165) is 4.57 Å². The molecule has 0 fully saturated rings. The van der Waals surface area contributed by atoms with Crippen molar-refractivity contribution in [1.82, 2.24) is 14.5 Å². The molecule has 130 valence electrons. The average Bonchev–Trinajstić information content (AvgIpc) is 3.19. The van der Waals surface area contributed by atoms with Crippen LogP contribution in [-0.4, -0.2) is 26.3 Å². The van der Waals surface area contributed by atoms with Crippen LogP contribution in [0.25, 0.3) is 11.0 Å². The number of imidazole rings is 1. The number of fused-ring (bicyclic) bond motifs is 1. The van der Waals surface area contributed by atoms with Crippen molar-refractivity contribution in [1.29, 1.82) is 0 Å². The maximum Gasteiger partial charge on any atom is 0.355 e. The maximum absolute atomic E-state index is 13.4. The summed E-state index contributed by atoms with van der Waals surface area (Å²) in [5.41, 5.74) is 1.05. The molecule has 6 nitrogen and oxygen atoms in total. The number of hydrogen-bond acceptors (Lipinski definition) is 4. The molecule has 0 amide bonds. The number of benzene rings is 1. The summed E-state index contributed by atoms with van der Waals surface area (Å²) in [6, 6.07) is 7.81. The van der Waals surface area contributed by atoms with Crippen molar-refractivity contribution in [2.75, 3.05) is 0 Å². The van der Waals surface area contributed by atoms with Crippen LogP contribution in [0, 0.1) is 0 Å². The minimum Gasteiger partial charge on any atom is -0.450 e. The number of esters is 1. The molecular weight excluding hydrogens is 332 g/mol. The van der Waals surface area contributed by atoms with Crippen molar-refractivity contribution in [2.45, 2.75) is 26.5 Å². The number of Topliss-reactive ketones (excluding diaryl/α,β-unsaturated/α-hetero) is 1. The van der Waals surface area contributed by atoms with Gasteiger partial charge in [-0.1, -0.05) is 12.1 Å². The van der Waals surface area contributed by atoms with Gasteiger partial charge < -0.3 is 9.72 Å². The SMILES string of the molecule is CC(=O)c1c[nH]c(C(=O)O[C@@H](C)c2nc3ccccc3n2C(F)F)c1. The standard InChI is InChI=1S/C17H15F2N3O3/c1-9(23)11-7-13(20-8-11)16(24)25-10(2)15-21-12-5-3-4-6-14(12)22(15)17(18)19/h3-8,10,17,20H,1-2H3/t10-/m0/s1. The van der Waals surface area contributed by atoms with Crippen molar-refractivity contribution >= 4 is 22.8 Å². The molecule has 2 aromatic heterocycles. The second kappa shape index (κ2) is 6.46. The van der Waals surface area contributed by atoms with Crippen LogP contribution >= 0.6 is 0 Å². The first kappa shape index (κ1) is 16.8. The van der Waals surface area contributed by atoms with Gasteiger partial charge in [-0.15, -0.1) is 0 Å². The average molecular weight is 347 g/mol. The molecule has 3 aromatic rings. The normalized spacial score (nSPS) is 12.5. The van der Waals surface area contributed by atoms with E-state index < -0.39 is 18.6 Å². The summed E-state index contributed by atoms with van der Waals surface area (Å²) in [6.45, 7) is 0.0111. The summed E-state index contributed by atoms with van der Waals surface area (Å²) in [5, 5.41) is 0. The fourth-order valence-electron chi connectivity index (χ4n) is 2.55. The van der Waals surface area contributed by atoms with Gasteiger partial charge in [0.25, 0.3) is 0 Å². The number of hydrogen-bond donors (Lipinski definition) is 1. The molecule has 3 rings (SSSR count). The highest BCUT2D eigenvalue weighted by atomic mass is 19.3. The fourth-order valence-corrected chi connectivity index (χ4v) is 2.55. The highest BCUT2D eigenvalue weighted by Gasteiger charge is 2.25. The van der Waals surface area contributed by atoms with Crippen molar-refractivity contribution in [3.05, 3.63) is 53.6 Å². The van der Waals surface area contributed by atoms with Gasteiger partial charge in [0, 0.05) is 11.8 Å². The van der Waals surface area contributed by atoms with Crippen LogP contribution in [0.5, 0.6) is 0 Å². The Kier molecular flexibility index (Phi) is 4.35. The van der Waals surface area contributed by atoms with Crippen LogP contribution in [0.2, 0.25) is 0 Å². The molecule has 0 unspecified atom stereocenters. The summed E-state index contributed by atoms with van der Waals surface area (Å²) in [4.78, 5) is 30.2. The van der Waals surface area contributed by atoms with Gasteiger partial charge in [0.15, 0.2) is 17.7 Å². The first-order chi connectivity index (χ1) is 11.9. The fraction of sp³-hybridized carbons (Fsp3) is 0.235. The third kappa shape index (κ3) is 3.15. The molecular formula is C17H15F2N3O3. The van der Waals surface area contributed by atoms with Gasteiger partial charge in [-0.3, -0.25) is 9.36 Å². The Hall–Kier alpha value is -3.03. The van der Waals surface area contributed by atoms with E-state index >= 15 is 0 Å². The number of carbonyl (C=O) groups excluding carboxylic acids is 2. The largest absolute Gasteiger partial charge is 0.450 e. The molecule has 0 aliphatic carbocycles. The molecule has 0 aliphatic rings. The number of nitrogens with one attached hydrogen (secondary N) is 1. The number of ketones is 1. The van der Waals surface area contributed by atoms with E-state index in [1.807, 2.05) is 0 Å². The lowest BCUT2D eigenvalue weighted by Crippen LogP contribution is -2.15. The van der Waals surface area contributed by atoms with Crippen LogP contribution in [0.3, 0.4) is 0 Å². The highest BCUT2D eigenvalue weighted by Crippen LogP contribution is 2.28. The number of halogens is 2. The van der Waals surface area contributed by atoms with E-state index in [1.54, 1.807) is 18.2 Å². The van der Waals surface area contributed by atoms with Gasteiger partial charge in [-0.05, 0) is 32.0 Å². The lowest BCUT2D eigenvalue weighted by Gasteiger charge is -2.14. The lowest BCUT2D eigenvalue weighted by atomic mass is 10.2. The van der Waals surface area contributed by atoms with E-state index in [4.69, 9.17) is 4.74 Å². The van der Waals surface area contributed by atoms with Gasteiger partial charge >= 0.3 is 12.5 Å². The third-order valence-electron chi connectivity index (χ3n) is 3.78. The predicted octanol–water partition coefficient (Wildman–Crippen LogP) is 3.88. The Morgan fingerprint density at radius 1 is 1.28 bits per heavy atom. The Labute approximate surface area is 141 Å². The van der Waals surface area contributed by atoms with Gasteiger partial charge in [0.1, 0.15) is 5.69 Å². The van der Waals surface area contributed by atoms with Crippen LogP contribution < -0.4 is 0 Å². The number of alkyl halides is 2. The second-order valence-electron chi connectivity index (χ2n) is 5.51. The highest BCUT2D eigenvalue weighted by molar-refractivity contribution is 5.97. The molecule has 0 saturated heterocycles. The predicted molar refractivity (Wildman–Crippen MR) is 85.6 cm³/mol. The van der Waals surface area contributed by atoms with Gasteiger partial charge in [-0.25, -0.2) is 9.78 Å². The number of nitrogens with zero attached hydrogens (tertiary/aromatic N) is 2. The summed E-state index contributed by atoms with van der Waals surface area (Å²) in [7, 11) is 0. The Balaban J connectivity index is 1.89. The van der Waals surface area contributed by atoms with E-state index in [-0.39, 0.29) is 22.8 Å². The molecule has 0 bridgehead atoms. The summed E-state index contributed by atoms with van der Waals surface area (Å²) < 4.78 is 32.9. The topological polar surface area (TPSA) is 77.0 Å². The van der Waals surface area contributed by atoms with E-state index in [2.05, 4.69) is 9.97 Å². The summed E-state index contributed by atoms with van der Waals surface area (Å²) in [5.74, 6) is -1.02. The number of carbonyl (C=O) groups is 2. The van der Waals surface area contributed by atoms with Crippen molar-refractivity contribution in [3.63, 3.8) is 0 Å². The third-order valence-corrected chi connectivity index (χ3v) is 3.78. The lowest BCUT2D eigenvalue weighted by molar-refractivity contribution is 0.0228. The maximum atomic E-state index is 13.4. The van der Waals surface area contributed by atoms with Crippen LogP contribution in [0.1, 0.15) is 53.2 Å². The molecule has 1 aromatic carbocycles. The zero-order valence-corrected chi connectivity index (χ0v) is 13.5.